The second kappa shape index (κ2) is 6.21. The first kappa shape index (κ1) is 17.7. The molecule has 20 heavy (non-hydrogen) atoms. The molecule has 12 heteroatoms. The minimum Gasteiger partial charge on any atom is -0.375 e. The number of anilines is 1. The normalized spacial score (nSPS) is 13.7. The Morgan fingerprint density at radius 1 is 1.20 bits per heavy atom. The standard InChI is InChI=1S/C8H16N2O7P2S/c9-7-10-6(5-20-7)3-1-2-4-8(11,18(12,13)14)19(15,16)17/h5,11H,1-4H2,(H2,9,10)(H2,12,13,14)(H2,15,16,17). The second-order valence-electron chi connectivity index (χ2n) is 4.25. The highest BCUT2D eigenvalue weighted by Gasteiger charge is 2.58. The van der Waals surface area contributed by atoms with Crippen molar-refractivity contribution < 1.29 is 33.8 Å². The van der Waals surface area contributed by atoms with E-state index in [0.717, 1.165) is 0 Å². The van der Waals surface area contributed by atoms with Crippen LogP contribution in [-0.4, -0.2) is 34.7 Å². The van der Waals surface area contributed by atoms with E-state index >= 15 is 0 Å². The van der Waals surface area contributed by atoms with Crippen molar-refractivity contribution in [2.45, 2.75) is 30.8 Å². The highest BCUT2D eigenvalue weighted by molar-refractivity contribution is 7.72. The first-order valence-corrected chi connectivity index (χ1v) is 9.61. The van der Waals surface area contributed by atoms with Crippen LogP contribution in [0, 0.1) is 0 Å². The van der Waals surface area contributed by atoms with Crippen LogP contribution >= 0.6 is 26.5 Å². The Kier molecular flexibility index (Phi) is 5.51. The van der Waals surface area contributed by atoms with Gasteiger partial charge in [0.05, 0.1) is 5.69 Å². The molecule has 0 amide bonds. The summed E-state index contributed by atoms with van der Waals surface area (Å²) in [7, 11) is -10.7. The van der Waals surface area contributed by atoms with E-state index in [0.29, 0.717) is 23.7 Å². The third-order valence-electron chi connectivity index (χ3n) is 2.70. The van der Waals surface area contributed by atoms with Gasteiger partial charge in [-0.25, -0.2) is 4.98 Å². The topological polar surface area (TPSA) is 174 Å². The van der Waals surface area contributed by atoms with Crippen molar-refractivity contribution in [2.75, 3.05) is 5.73 Å². The number of unbranched alkanes of at least 4 members (excludes halogenated alkanes) is 1. The summed E-state index contributed by atoms with van der Waals surface area (Å²) < 4.78 is 22.2. The fourth-order valence-corrected chi connectivity index (χ4v) is 4.42. The number of aryl methyl sites for hydroxylation is 1. The average molecular weight is 346 g/mol. The van der Waals surface area contributed by atoms with Crippen LogP contribution < -0.4 is 5.73 Å². The number of nitrogen functional groups attached to an aromatic ring is 1. The zero-order chi connectivity index (χ0) is 15.6. The zero-order valence-electron chi connectivity index (χ0n) is 10.3. The third kappa shape index (κ3) is 4.09. The molecule has 0 aromatic carbocycles. The van der Waals surface area contributed by atoms with E-state index in [1.54, 1.807) is 5.38 Å². The van der Waals surface area contributed by atoms with Crippen LogP contribution in [0.1, 0.15) is 25.0 Å². The van der Waals surface area contributed by atoms with Crippen molar-refractivity contribution >= 4 is 31.7 Å². The molecule has 0 aliphatic rings. The van der Waals surface area contributed by atoms with Gasteiger partial charge in [-0.05, 0) is 25.7 Å². The molecule has 0 radical (unpaired) electrons. The first-order chi connectivity index (χ1) is 8.97. The Labute approximate surface area is 118 Å². The van der Waals surface area contributed by atoms with Gasteiger partial charge in [-0.2, -0.15) is 0 Å². The van der Waals surface area contributed by atoms with E-state index in [1.165, 1.54) is 11.3 Å². The van der Waals surface area contributed by atoms with Crippen LogP contribution in [0.25, 0.3) is 0 Å². The molecule has 1 aromatic heterocycles. The van der Waals surface area contributed by atoms with Gasteiger partial charge >= 0.3 is 15.2 Å². The molecule has 0 aliphatic carbocycles. The van der Waals surface area contributed by atoms with Crippen molar-refractivity contribution in [1.29, 1.82) is 0 Å². The summed E-state index contributed by atoms with van der Waals surface area (Å²) in [4.78, 5) is 39.7. The van der Waals surface area contributed by atoms with E-state index in [-0.39, 0.29) is 6.42 Å². The maximum absolute atomic E-state index is 11.1. The number of aromatic nitrogens is 1. The quantitative estimate of drug-likeness (QED) is 0.302. The lowest BCUT2D eigenvalue weighted by atomic mass is 10.1. The summed E-state index contributed by atoms with van der Waals surface area (Å²) in [5, 5.41) is 8.40. The lowest BCUT2D eigenvalue weighted by Crippen LogP contribution is -2.28. The Morgan fingerprint density at radius 2 is 1.75 bits per heavy atom. The molecular weight excluding hydrogens is 330 g/mol. The Balaban J connectivity index is 2.61. The van der Waals surface area contributed by atoms with Gasteiger partial charge in [-0.15, -0.1) is 11.3 Å². The molecule has 1 rings (SSSR count). The highest BCUT2D eigenvalue weighted by Crippen LogP contribution is 2.69. The number of hydrogen-bond acceptors (Lipinski definition) is 6. The summed E-state index contributed by atoms with van der Waals surface area (Å²) >= 11 is 1.24. The van der Waals surface area contributed by atoms with Gasteiger partial charge in [-0.3, -0.25) is 9.13 Å². The number of nitrogens with two attached hydrogens (primary N) is 1. The molecule has 116 valence electrons. The van der Waals surface area contributed by atoms with Crippen molar-refractivity contribution in [3.8, 4) is 0 Å². The van der Waals surface area contributed by atoms with Crippen molar-refractivity contribution in [2.24, 2.45) is 0 Å². The molecule has 0 bridgehead atoms. The van der Waals surface area contributed by atoms with Crippen LogP contribution in [0.2, 0.25) is 0 Å². The van der Waals surface area contributed by atoms with Gasteiger partial charge in [0.25, 0.3) is 5.08 Å². The lowest BCUT2D eigenvalue weighted by molar-refractivity contribution is 0.120. The Bertz CT molecular complexity index is 529. The first-order valence-electron chi connectivity index (χ1n) is 5.51. The maximum atomic E-state index is 11.1. The fraction of sp³-hybridized carbons (Fsp3) is 0.625. The SMILES string of the molecule is Nc1nc(CCCCC(O)(P(=O)(O)O)P(=O)(O)O)cs1. The average Bonchev–Trinajstić information content (AvgIpc) is 2.67. The molecule has 0 fully saturated rings. The van der Waals surface area contributed by atoms with Crippen LogP contribution in [0.5, 0.6) is 0 Å². The molecule has 0 saturated carbocycles. The summed E-state index contributed by atoms with van der Waals surface area (Å²) in [6.07, 6.45) is 0.100. The maximum Gasteiger partial charge on any atom is 0.369 e. The minimum atomic E-state index is -5.36. The zero-order valence-corrected chi connectivity index (χ0v) is 12.9. The largest absolute Gasteiger partial charge is 0.375 e. The van der Waals surface area contributed by atoms with E-state index in [2.05, 4.69) is 4.98 Å². The summed E-state index contributed by atoms with van der Waals surface area (Å²) in [6.45, 7) is 0. The van der Waals surface area contributed by atoms with Gasteiger partial charge in [0.1, 0.15) is 0 Å². The number of rotatable bonds is 7. The molecule has 1 aromatic rings. The number of aliphatic hydroxyl groups is 1. The minimum absolute atomic E-state index is 0.0180. The predicted molar refractivity (Wildman–Crippen MR) is 73.1 cm³/mol. The smallest absolute Gasteiger partial charge is 0.369 e. The number of nitrogens with zero attached hydrogens (tertiary/aromatic N) is 1. The Hall–Kier alpha value is -0.310. The van der Waals surface area contributed by atoms with Crippen LogP contribution in [0.15, 0.2) is 5.38 Å². The molecule has 7 N–H and O–H groups in total. The third-order valence-corrected chi connectivity index (χ3v) is 7.30. The molecule has 0 atom stereocenters. The highest BCUT2D eigenvalue weighted by atomic mass is 32.1. The van der Waals surface area contributed by atoms with E-state index in [1.807, 2.05) is 0 Å². The van der Waals surface area contributed by atoms with Crippen LogP contribution in [0.3, 0.4) is 0 Å². The molecule has 0 saturated heterocycles. The molecular formula is C8H16N2O7P2S. The molecule has 0 spiro atoms. The summed E-state index contributed by atoms with van der Waals surface area (Å²) in [5.74, 6) is 0. The van der Waals surface area contributed by atoms with E-state index in [9.17, 15) is 14.2 Å². The monoisotopic (exact) mass is 346 g/mol. The summed E-state index contributed by atoms with van der Waals surface area (Å²) in [6, 6.07) is 0. The van der Waals surface area contributed by atoms with Gasteiger partial charge in [0.2, 0.25) is 0 Å². The van der Waals surface area contributed by atoms with Crippen molar-refractivity contribution in [3.63, 3.8) is 0 Å². The van der Waals surface area contributed by atoms with Crippen LogP contribution in [0.4, 0.5) is 5.13 Å². The summed E-state index contributed by atoms with van der Waals surface area (Å²) in [5.41, 5.74) is 6.11. The van der Waals surface area contributed by atoms with Gasteiger partial charge in [-0.1, -0.05) is 0 Å². The fourth-order valence-electron chi connectivity index (χ4n) is 1.57. The lowest BCUT2D eigenvalue weighted by Gasteiger charge is -2.29. The van der Waals surface area contributed by atoms with Gasteiger partial charge in [0.15, 0.2) is 5.13 Å². The van der Waals surface area contributed by atoms with E-state index in [4.69, 9.17) is 25.3 Å². The molecule has 9 nitrogen and oxygen atoms in total. The molecule has 0 unspecified atom stereocenters. The van der Waals surface area contributed by atoms with Gasteiger partial charge in [0, 0.05) is 5.38 Å². The van der Waals surface area contributed by atoms with Crippen molar-refractivity contribution in [1.82, 2.24) is 4.98 Å². The van der Waals surface area contributed by atoms with Gasteiger partial charge < -0.3 is 30.4 Å². The second-order valence-corrected chi connectivity index (χ2v) is 9.14. The molecule has 1 heterocycles. The number of hydrogen-bond donors (Lipinski definition) is 6. The molecule has 0 aliphatic heterocycles. The van der Waals surface area contributed by atoms with Crippen molar-refractivity contribution in [3.05, 3.63) is 11.1 Å². The van der Waals surface area contributed by atoms with Crippen LogP contribution in [-0.2, 0) is 15.6 Å². The van der Waals surface area contributed by atoms with E-state index < -0.39 is 26.7 Å². The predicted octanol–water partition coefficient (Wildman–Crippen LogP) is 0.440. The number of thiazole rings is 1. The Morgan fingerprint density at radius 3 is 2.15 bits per heavy atom.